The van der Waals surface area contributed by atoms with E-state index in [1.54, 1.807) is 18.0 Å². The highest BCUT2D eigenvalue weighted by atomic mass is 16.7. The number of anilines is 1. The summed E-state index contributed by atoms with van der Waals surface area (Å²) in [5.41, 5.74) is 1.04. The van der Waals surface area contributed by atoms with Crippen LogP contribution in [0.4, 0.5) is 5.82 Å². The summed E-state index contributed by atoms with van der Waals surface area (Å²) in [6.45, 7) is 3.94. The Bertz CT molecular complexity index is 577. The van der Waals surface area contributed by atoms with Crippen LogP contribution in [0.5, 0.6) is 0 Å². The zero-order valence-corrected chi connectivity index (χ0v) is 11.4. The van der Waals surface area contributed by atoms with E-state index in [4.69, 9.17) is 4.84 Å². The van der Waals surface area contributed by atoms with Crippen molar-refractivity contribution >= 4 is 11.6 Å². The van der Waals surface area contributed by atoms with Gasteiger partial charge in [0.25, 0.3) is 5.78 Å². The Morgan fingerprint density at radius 2 is 2.26 bits per heavy atom. The molecule has 0 unspecified atom stereocenters. The molecule has 0 atom stereocenters. The van der Waals surface area contributed by atoms with Crippen molar-refractivity contribution in [3.05, 3.63) is 18.1 Å². The molecule has 7 nitrogen and oxygen atoms in total. The van der Waals surface area contributed by atoms with E-state index < -0.39 is 0 Å². The van der Waals surface area contributed by atoms with Gasteiger partial charge >= 0.3 is 0 Å². The van der Waals surface area contributed by atoms with E-state index in [1.807, 2.05) is 12.1 Å². The lowest BCUT2D eigenvalue weighted by Gasteiger charge is -2.43. The zero-order valence-electron chi connectivity index (χ0n) is 11.4. The van der Waals surface area contributed by atoms with Crippen LogP contribution in [0.15, 0.2) is 12.4 Å². The molecule has 2 aromatic heterocycles. The summed E-state index contributed by atoms with van der Waals surface area (Å²) in [5.74, 6) is 1.72. The van der Waals surface area contributed by atoms with E-state index in [2.05, 4.69) is 33.0 Å². The van der Waals surface area contributed by atoms with Gasteiger partial charge in [-0.3, -0.25) is 0 Å². The number of aryl methyl sites for hydroxylation is 1. The quantitative estimate of drug-likeness (QED) is 0.742. The Labute approximate surface area is 111 Å². The number of aromatic nitrogens is 4. The summed E-state index contributed by atoms with van der Waals surface area (Å²) in [6, 6.07) is 2.51. The number of hydroxylamine groups is 2. The van der Waals surface area contributed by atoms with Gasteiger partial charge in [-0.1, -0.05) is 6.92 Å². The average Bonchev–Trinajstić information content (AvgIpc) is 2.84. The zero-order chi connectivity index (χ0) is 13.4. The van der Waals surface area contributed by atoms with E-state index >= 15 is 0 Å². The van der Waals surface area contributed by atoms with E-state index in [1.165, 1.54) is 0 Å². The molecule has 1 aliphatic heterocycles. The first-order chi connectivity index (χ1) is 9.22. The van der Waals surface area contributed by atoms with Gasteiger partial charge in [0.1, 0.15) is 12.1 Å². The van der Waals surface area contributed by atoms with Crippen molar-refractivity contribution < 1.29 is 4.84 Å². The molecule has 0 aliphatic carbocycles. The van der Waals surface area contributed by atoms with Gasteiger partial charge in [0, 0.05) is 31.9 Å². The van der Waals surface area contributed by atoms with Crippen molar-refractivity contribution in [3.8, 4) is 0 Å². The van der Waals surface area contributed by atoms with E-state index in [9.17, 15) is 0 Å². The SMILES string of the molecule is CCc1cc(N2CC(N(C)OC)C2)n2ncnc2n1. The Morgan fingerprint density at radius 1 is 1.47 bits per heavy atom. The lowest BCUT2D eigenvalue weighted by molar-refractivity contribution is -0.146. The summed E-state index contributed by atoms with van der Waals surface area (Å²) in [7, 11) is 3.65. The van der Waals surface area contributed by atoms with Crippen LogP contribution in [0.3, 0.4) is 0 Å². The number of nitrogens with zero attached hydrogens (tertiary/aromatic N) is 6. The molecule has 0 spiro atoms. The van der Waals surface area contributed by atoms with E-state index in [0.29, 0.717) is 11.8 Å². The largest absolute Gasteiger partial charge is 0.353 e. The standard InChI is InChI=1S/C12H18N6O/c1-4-9-5-11(18-12(15-9)13-8-14-18)17-6-10(7-17)16(2)19-3/h5,8,10H,4,6-7H2,1-3H3. The predicted molar refractivity (Wildman–Crippen MR) is 70.9 cm³/mol. The van der Waals surface area contributed by atoms with Crippen LogP contribution in [0.1, 0.15) is 12.6 Å². The number of hydrogen-bond donors (Lipinski definition) is 0. The van der Waals surface area contributed by atoms with Crippen molar-refractivity contribution in [3.63, 3.8) is 0 Å². The molecule has 0 amide bonds. The molecule has 0 saturated carbocycles. The van der Waals surface area contributed by atoms with E-state index in [-0.39, 0.29) is 0 Å². The topological polar surface area (TPSA) is 58.8 Å². The molecule has 3 heterocycles. The molecule has 3 rings (SSSR count). The minimum Gasteiger partial charge on any atom is -0.353 e. The molecule has 0 N–H and O–H groups in total. The second-order valence-corrected chi connectivity index (χ2v) is 4.72. The molecule has 1 saturated heterocycles. The van der Waals surface area contributed by atoms with Crippen LogP contribution in [0.2, 0.25) is 0 Å². The second kappa shape index (κ2) is 4.75. The highest BCUT2D eigenvalue weighted by Crippen LogP contribution is 2.24. The van der Waals surface area contributed by atoms with Gasteiger partial charge in [-0.15, -0.1) is 0 Å². The highest BCUT2D eigenvalue weighted by Gasteiger charge is 2.32. The van der Waals surface area contributed by atoms with Gasteiger partial charge in [-0.05, 0) is 6.42 Å². The summed E-state index contributed by atoms with van der Waals surface area (Å²) in [4.78, 5) is 16.1. The minimum atomic E-state index is 0.418. The van der Waals surface area contributed by atoms with Crippen molar-refractivity contribution in [2.24, 2.45) is 0 Å². The van der Waals surface area contributed by atoms with Crippen LogP contribution < -0.4 is 4.90 Å². The number of fused-ring (bicyclic) bond motifs is 1. The monoisotopic (exact) mass is 262 g/mol. The summed E-state index contributed by atoms with van der Waals surface area (Å²) < 4.78 is 1.79. The smallest absolute Gasteiger partial charge is 0.254 e. The molecule has 0 bridgehead atoms. The van der Waals surface area contributed by atoms with Gasteiger partial charge in [0.2, 0.25) is 0 Å². The molecule has 0 radical (unpaired) electrons. The molecule has 7 heteroatoms. The number of likely N-dealkylation sites (N-methyl/N-ethyl adjacent to an activating group) is 1. The highest BCUT2D eigenvalue weighted by molar-refractivity contribution is 5.49. The Morgan fingerprint density at radius 3 is 2.95 bits per heavy atom. The fraction of sp³-hybridized carbons (Fsp3) is 0.583. The average molecular weight is 262 g/mol. The summed E-state index contributed by atoms with van der Waals surface area (Å²) >= 11 is 0. The molecule has 1 aliphatic rings. The third-order valence-electron chi connectivity index (χ3n) is 3.64. The molecule has 19 heavy (non-hydrogen) atoms. The maximum Gasteiger partial charge on any atom is 0.254 e. The van der Waals surface area contributed by atoms with Crippen LogP contribution in [-0.4, -0.2) is 57.9 Å². The first kappa shape index (κ1) is 12.3. The summed E-state index contributed by atoms with van der Waals surface area (Å²) in [6.07, 6.45) is 2.44. The van der Waals surface area contributed by atoms with E-state index in [0.717, 1.165) is 31.0 Å². The fourth-order valence-corrected chi connectivity index (χ4v) is 2.27. The van der Waals surface area contributed by atoms with Crippen molar-refractivity contribution in [1.82, 2.24) is 24.6 Å². The summed E-state index contributed by atoms with van der Waals surface area (Å²) in [5, 5.41) is 6.13. The van der Waals surface area contributed by atoms with Gasteiger partial charge < -0.3 is 9.74 Å². The lowest BCUT2D eigenvalue weighted by Crippen LogP contribution is -2.58. The van der Waals surface area contributed by atoms with Crippen LogP contribution in [-0.2, 0) is 11.3 Å². The Balaban J connectivity index is 1.87. The van der Waals surface area contributed by atoms with Crippen LogP contribution >= 0.6 is 0 Å². The van der Waals surface area contributed by atoms with Gasteiger partial charge in [0.05, 0.1) is 13.2 Å². The number of rotatable bonds is 4. The molecular weight excluding hydrogens is 244 g/mol. The Kier molecular flexibility index (Phi) is 3.08. The molecular formula is C12H18N6O. The Hall–Kier alpha value is -1.73. The third kappa shape index (κ3) is 2.04. The maximum atomic E-state index is 5.22. The fourth-order valence-electron chi connectivity index (χ4n) is 2.27. The normalized spacial score (nSPS) is 16.3. The van der Waals surface area contributed by atoms with Gasteiger partial charge in [-0.2, -0.15) is 19.7 Å². The van der Waals surface area contributed by atoms with Crippen LogP contribution in [0.25, 0.3) is 5.78 Å². The van der Waals surface area contributed by atoms with Crippen molar-refractivity contribution in [2.45, 2.75) is 19.4 Å². The van der Waals surface area contributed by atoms with Crippen molar-refractivity contribution in [2.75, 3.05) is 32.1 Å². The van der Waals surface area contributed by atoms with Crippen molar-refractivity contribution in [1.29, 1.82) is 0 Å². The maximum absolute atomic E-state index is 5.22. The molecule has 0 aromatic carbocycles. The lowest BCUT2D eigenvalue weighted by atomic mass is 10.1. The predicted octanol–water partition coefficient (Wildman–Crippen LogP) is 0.368. The molecule has 1 fully saturated rings. The third-order valence-corrected chi connectivity index (χ3v) is 3.64. The minimum absolute atomic E-state index is 0.418. The first-order valence-corrected chi connectivity index (χ1v) is 6.44. The van der Waals surface area contributed by atoms with Gasteiger partial charge in [-0.25, -0.2) is 4.98 Å². The second-order valence-electron chi connectivity index (χ2n) is 4.72. The first-order valence-electron chi connectivity index (χ1n) is 6.44. The molecule has 2 aromatic rings. The number of hydrogen-bond acceptors (Lipinski definition) is 6. The van der Waals surface area contributed by atoms with Crippen LogP contribution in [0, 0.1) is 0 Å². The van der Waals surface area contributed by atoms with Gasteiger partial charge in [0.15, 0.2) is 0 Å². The molecule has 102 valence electrons.